The molecule has 11 heteroatoms. The summed E-state index contributed by atoms with van der Waals surface area (Å²) in [5.74, 6) is 0.791. The van der Waals surface area contributed by atoms with Crippen LogP contribution in [0.4, 0.5) is 5.95 Å². The molecule has 0 unspecified atom stereocenters. The van der Waals surface area contributed by atoms with Crippen molar-refractivity contribution in [1.82, 2.24) is 19.9 Å². The predicted octanol–water partition coefficient (Wildman–Crippen LogP) is 6.48. The maximum absolute atomic E-state index is 6.06. The molecule has 1 saturated carbocycles. The highest BCUT2D eigenvalue weighted by atomic mass is 35.6. The van der Waals surface area contributed by atoms with E-state index in [0.717, 1.165) is 25.7 Å². The van der Waals surface area contributed by atoms with Crippen molar-refractivity contribution in [3.63, 3.8) is 0 Å². The maximum atomic E-state index is 6.06. The molecule has 0 bridgehead atoms. The van der Waals surface area contributed by atoms with E-state index in [1.54, 1.807) is 24.3 Å². The van der Waals surface area contributed by atoms with E-state index in [2.05, 4.69) is 39.3 Å². The summed E-state index contributed by atoms with van der Waals surface area (Å²) >= 11 is 36.0. The van der Waals surface area contributed by atoms with Gasteiger partial charge in [-0.25, -0.2) is 4.98 Å². The van der Waals surface area contributed by atoms with Gasteiger partial charge in [-0.05, 0) is 39.8 Å². The average Bonchev–Trinajstić information content (AvgIpc) is 2.67. The zero-order chi connectivity index (χ0) is 22.1. The normalized spacial score (nSPS) is 20.4. The van der Waals surface area contributed by atoms with E-state index in [9.17, 15) is 0 Å². The van der Waals surface area contributed by atoms with Crippen molar-refractivity contribution in [3.05, 3.63) is 35.7 Å². The lowest BCUT2D eigenvalue weighted by Gasteiger charge is -2.33. The summed E-state index contributed by atoms with van der Waals surface area (Å²) in [5.41, 5.74) is 1.22. The van der Waals surface area contributed by atoms with Gasteiger partial charge >= 0.3 is 0 Å². The molecule has 0 saturated heterocycles. The van der Waals surface area contributed by atoms with Crippen molar-refractivity contribution < 1.29 is 0 Å². The number of nitrogens with one attached hydrogen (secondary N) is 1. The number of hydrogen-bond acceptors (Lipinski definition) is 5. The Kier molecular flexibility index (Phi) is 7.88. The van der Waals surface area contributed by atoms with Crippen LogP contribution in [0.25, 0.3) is 11.4 Å². The second kappa shape index (κ2) is 9.70. The lowest BCUT2D eigenvalue weighted by atomic mass is 9.91. The number of benzene rings is 1. The van der Waals surface area contributed by atoms with Crippen LogP contribution in [0.5, 0.6) is 0 Å². The first-order chi connectivity index (χ1) is 13.9. The van der Waals surface area contributed by atoms with E-state index >= 15 is 0 Å². The van der Waals surface area contributed by atoms with Crippen molar-refractivity contribution in [2.75, 3.05) is 19.4 Å². The second-order valence-electron chi connectivity index (χ2n) is 7.49. The quantitative estimate of drug-likeness (QED) is 0.458. The summed E-state index contributed by atoms with van der Waals surface area (Å²) < 4.78 is -3.30. The minimum absolute atomic E-state index is 0.0485. The largest absolute Gasteiger partial charge is 0.351 e. The third kappa shape index (κ3) is 6.38. The van der Waals surface area contributed by atoms with Crippen molar-refractivity contribution in [2.45, 2.75) is 45.4 Å². The number of halogens is 6. The van der Waals surface area contributed by atoms with Crippen LogP contribution in [0.1, 0.15) is 37.1 Å². The number of hydrogen-bond donors (Lipinski definition) is 1. The van der Waals surface area contributed by atoms with Crippen LogP contribution in [0.2, 0.25) is 0 Å². The molecule has 2 aromatic rings. The Morgan fingerprint density at radius 3 is 1.93 bits per heavy atom. The first-order valence-electron chi connectivity index (χ1n) is 9.37. The minimum Gasteiger partial charge on any atom is -0.351 e. The molecule has 30 heavy (non-hydrogen) atoms. The van der Waals surface area contributed by atoms with Crippen LogP contribution in [-0.2, 0) is 7.59 Å². The molecular weight excluding hydrogens is 511 g/mol. The van der Waals surface area contributed by atoms with Crippen LogP contribution in [0.3, 0.4) is 0 Å². The molecule has 1 heterocycles. The third-order valence-corrected chi connectivity index (χ3v) is 6.28. The van der Waals surface area contributed by atoms with Gasteiger partial charge < -0.3 is 10.2 Å². The van der Waals surface area contributed by atoms with Gasteiger partial charge in [-0.15, -0.1) is 0 Å². The summed E-state index contributed by atoms with van der Waals surface area (Å²) in [4.78, 5) is 15.5. The highest BCUT2D eigenvalue weighted by molar-refractivity contribution is 6.67. The zero-order valence-electron chi connectivity index (χ0n) is 16.3. The predicted molar refractivity (Wildman–Crippen MR) is 127 cm³/mol. The van der Waals surface area contributed by atoms with E-state index in [0.29, 0.717) is 28.9 Å². The molecule has 0 amide bonds. The molecule has 1 fully saturated rings. The van der Waals surface area contributed by atoms with Gasteiger partial charge in [-0.2, -0.15) is 9.97 Å². The third-order valence-electron chi connectivity index (χ3n) is 5.12. The molecule has 1 aromatic heterocycles. The highest BCUT2D eigenvalue weighted by Crippen LogP contribution is 2.39. The van der Waals surface area contributed by atoms with E-state index in [-0.39, 0.29) is 11.9 Å². The molecule has 1 aliphatic carbocycles. The van der Waals surface area contributed by atoms with Gasteiger partial charge in [0, 0.05) is 23.2 Å². The summed E-state index contributed by atoms with van der Waals surface area (Å²) in [6.45, 7) is 0. The van der Waals surface area contributed by atoms with Crippen LogP contribution in [-0.4, -0.2) is 46.0 Å². The monoisotopic (exact) mass is 529 g/mol. The lowest BCUT2D eigenvalue weighted by Crippen LogP contribution is -2.36. The fourth-order valence-electron chi connectivity index (χ4n) is 3.42. The molecular formula is C19H21Cl6N5. The zero-order valence-corrected chi connectivity index (χ0v) is 20.9. The first kappa shape index (κ1) is 24.4. The van der Waals surface area contributed by atoms with Crippen molar-refractivity contribution in [2.24, 2.45) is 0 Å². The van der Waals surface area contributed by atoms with Crippen LogP contribution < -0.4 is 5.32 Å². The summed E-state index contributed by atoms with van der Waals surface area (Å²) in [5, 5.41) is 3.38. The number of anilines is 1. The summed E-state index contributed by atoms with van der Waals surface area (Å²) in [7, 11) is 4.22. The number of alkyl halides is 6. The summed E-state index contributed by atoms with van der Waals surface area (Å²) in [6, 6.07) is 7.71. The van der Waals surface area contributed by atoms with E-state index in [4.69, 9.17) is 69.6 Å². The molecule has 1 aromatic carbocycles. The van der Waals surface area contributed by atoms with Gasteiger partial charge in [0.1, 0.15) is 0 Å². The van der Waals surface area contributed by atoms with Gasteiger partial charge in [-0.1, -0.05) is 93.9 Å². The topological polar surface area (TPSA) is 53.9 Å². The Balaban J connectivity index is 1.86. The number of aromatic nitrogens is 3. The SMILES string of the molecule is CN(C)C1CCC(Nc2nc(-c3ccc(C(Cl)(Cl)Cl)cc3)nc(C(Cl)(Cl)Cl)n2)CC1. The molecule has 3 rings (SSSR count). The number of rotatable bonds is 4. The van der Waals surface area contributed by atoms with Crippen molar-refractivity contribution in [3.8, 4) is 11.4 Å². The minimum atomic E-state index is -1.78. The Bertz CT molecular complexity index is 855. The maximum Gasteiger partial charge on any atom is 0.250 e. The number of nitrogens with zero attached hydrogens (tertiary/aromatic N) is 4. The Morgan fingerprint density at radius 2 is 1.43 bits per heavy atom. The van der Waals surface area contributed by atoms with Gasteiger partial charge in [0.15, 0.2) is 11.6 Å². The molecule has 164 valence electrons. The molecule has 0 spiro atoms. The van der Waals surface area contributed by atoms with Gasteiger partial charge in [0.2, 0.25) is 13.5 Å². The van der Waals surface area contributed by atoms with Crippen molar-refractivity contribution in [1.29, 1.82) is 0 Å². The second-order valence-corrected chi connectivity index (χ2v) is 12.1. The standard InChI is InChI=1S/C19H21Cl6N5/c1-30(2)14-9-7-13(8-10-14)26-17-28-15(27-16(29-17)19(23,24)25)11-3-5-12(6-4-11)18(20,21)22/h3-6,13-14H,7-10H2,1-2H3,(H,26,27,28,29). The van der Waals surface area contributed by atoms with E-state index in [1.807, 2.05) is 0 Å². The van der Waals surface area contributed by atoms with Gasteiger partial charge in [-0.3, -0.25) is 0 Å². The van der Waals surface area contributed by atoms with Crippen LogP contribution in [0.15, 0.2) is 24.3 Å². The van der Waals surface area contributed by atoms with E-state index < -0.39 is 7.59 Å². The highest BCUT2D eigenvalue weighted by Gasteiger charge is 2.30. The first-order valence-corrected chi connectivity index (χ1v) is 11.6. The van der Waals surface area contributed by atoms with Crippen molar-refractivity contribution >= 4 is 75.6 Å². The molecule has 1 N–H and O–H groups in total. The fraction of sp³-hybridized carbons (Fsp3) is 0.526. The van der Waals surface area contributed by atoms with Gasteiger partial charge in [0.05, 0.1) is 0 Å². The Labute approximate surface area is 206 Å². The Hall–Kier alpha value is -0.270. The smallest absolute Gasteiger partial charge is 0.250 e. The molecule has 5 nitrogen and oxygen atoms in total. The fourth-order valence-corrected chi connectivity index (χ4v) is 4.06. The molecule has 0 radical (unpaired) electrons. The van der Waals surface area contributed by atoms with Crippen LogP contribution in [0, 0.1) is 0 Å². The average molecular weight is 532 g/mol. The molecule has 0 atom stereocenters. The van der Waals surface area contributed by atoms with E-state index in [1.165, 1.54) is 0 Å². The molecule has 1 aliphatic rings. The van der Waals surface area contributed by atoms with Gasteiger partial charge in [0.25, 0.3) is 0 Å². The summed E-state index contributed by atoms with van der Waals surface area (Å²) in [6.07, 6.45) is 4.20. The van der Waals surface area contributed by atoms with Crippen LogP contribution >= 0.6 is 69.6 Å². The Morgan fingerprint density at radius 1 is 0.833 bits per heavy atom. The molecule has 0 aliphatic heterocycles. The lowest BCUT2D eigenvalue weighted by molar-refractivity contribution is 0.221.